The summed E-state index contributed by atoms with van der Waals surface area (Å²) in [7, 11) is 0. The van der Waals surface area contributed by atoms with E-state index in [4.69, 9.17) is 0 Å². The Kier molecular flexibility index (Phi) is 45.9. The molecule has 0 radical (unpaired) electrons. The van der Waals surface area contributed by atoms with Crippen LogP contribution in [0.25, 0.3) is 0 Å². The molecule has 0 aliphatic heterocycles. The molecule has 0 atom stereocenters. The molecule has 0 saturated heterocycles. The van der Waals surface area contributed by atoms with Crippen LogP contribution in [-0.2, 0) is 9.59 Å². The van der Waals surface area contributed by atoms with Gasteiger partial charge in [0.05, 0.1) is 0 Å². The van der Waals surface area contributed by atoms with E-state index in [1.165, 1.54) is 77.0 Å². The molecule has 4 nitrogen and oxygen atoms in total. The Morgan fingerprint density at radius 3 is 1.38 bits per heavy atom. The molecule has 0 aromatic carbocycles. The van der Waals surface area contributed by atoms with E-state index in [1.807, 2.05) is 0 Å². The van der Waals surface area contributed by atoms with Gasteiger partial charge in [-0.1, -0.05) is 78.1 Å². The van der Waals surface area contributed by atoms with Crippen molar-refractivity contribution in [3.05, 3.63) is 5.92 Å². The van der Waals surface area contributed by atoms with E-state index >= 15 is 0 Å². The van der Waals surface area contributed by atoms with E-state index in [2.05, 4.69) is 20.8 Å². The summed E-state index contributed by atoms with van der Waals surface area (Å²) in [6.07, 6.45) is 16.0. The van der Waals surface area contributed by atoms with Gasteiger partial charge in [0.1, 0.15) is 0 Å². The van der Waals surface area contributed by atoms with Crippen LogP contribution in [-0.4, -0.2) is 11.9 Å². The van der Waals surface area contributed by atoms with Crippen molar-refractivity contribution in [3.8, 4) is 0 Å². The van der Waals surface area contributed by atoms with E-state index in [0.29, 0.717) is 0 Å². The molecule has 0 unspecified atom stereocenters. The molecule has 0 bridgehead atoms. The SMILES string of the molecule is CCCCCCCCCC[C-](C)CCCC.O=C([O-])CC(=O)[O-].[Li+].[Na+].[Na+]. The van der Waals surface area contributed by atoms with Crippen LogP contribution in [0.1, 0.15) is 104 Å². The van der Waals surface area contributed by atoms with Crippen LogP contribution in [0.3, 0.4) is 0 Å². The Morgan fingerprint density at radius 2 is 1.04 bits per heavy atom. The Morgan fingerprint density at radius 1 is 0.692 bits per heavy atom. The first-order valence-electron chi connectivity index (χ1n) is 9.14. The van der Waals surface area contributed by atoms with Crippen molar-refractivity contribution in [2.75, 3.05) is 0 Å². The molecule has 0 aromatic heterocycles. The molecular formula is C19H35LiNa2O4. The van der Waals surface area contributed by atoms with E-state index in [1.54, 1.807) is 5.92 Å². The number of carbonyl (C=O) groups is 2. The van der Waals surface area contributed by atoms with Crippen LogP contribution >= 0.6 is 0 Å². The maximum Gasteiger partial charge on any atom is 1.00 e. The molecule has 0 fully saturated rings. The van der Waals surface area contributed by atoms with Gasteiger partial charge in [0.15, 0.2) is 0 Å². The Hall–Kier alpha value is 1.54. The quantitative estimate of drug-likeness (QED) is 0.130. The summed E-state index contributed by atoms with van der Waals surface area (Å²) < 4.78 is 0. The van der Waals surface area contributed by atoms with Crippen molar-refractivity contribution in [3.63, 3.8) is 0 Å². The minimum absolute atomic E-state index is 0. The molecule has 0 saturated carbocycles. The molecule has 0 aromatic rings. The summed E-state index contributed by atoms with van der Waals surface area (Å²) in [6, 6.07) is 0. The molecule has 0 amide bonds. The summed E-state index contributed by atoms with van der Waals surface area (Å²) in [5.74, 6) is -1.52. The van der Waals surface area contributed by atoms with Gasteiger partial charge in [-0.05, 0) is 0 Å². The van der Waals surface area contributed by atoms with Gasteiger partial charge in [-0.2, -0.15) is 19.8 Å². The fraction of sp³-hybridized carbons (Fsp3) is 0.842. The fourth-order valence-corrected chi connectivity index (χ4v) is 2.28. The molecule has 7 heteroatoms. The molecule has 0 aliphatic carbocycles. The van der Waals surface area contributed by atoms with Gasteiger partial charge in [0.25, 0.3) is 0 Å². The van der Waals surface area contributed by atoms with Gasteiger partial charge in [0.2, 0.25) is 0 Å². The third-order valence-electron chi connectivity index (χ3n) is 3.70. The number of unbranched alkanes of at least 4 members (excludes halogenated alkanes) is 8. The van der Waals surface area contributed by atoms with Crippen molar-refractivity contribution < 1.29 is 97.8 Å². The maximum absolute atomic E-state index is 9.28. The number of aliphatic carboxylic acids is 2. The topological polar surface area (TPSA) is 80.3 Å². The van der Waals surface area contributed by atoms with Crippen molar-refractivity contribution in [1.82, 2.24) is 0 Å². The predicted octanol–water partition coefficient (Wildman–Crippen LogP) is -5.81. The van der Waals surface area contributed by atoms with Gasteiger partial charge in [-0.3, -0.25) is 0 Å². The zero-order valence-corrected chi connectivity index (χ0v) is 22.3. The van der Waals surface area contributed by atoms with E-state index < -0.39 is 18.4 Å². The Labute approximate surface area is 217 Å². The Bertz CT molecular complexity index is 281. The van der Waals surface area contributed by atoms with Crippen molar-refractivity contribution in [2.24, 2.45) is 0 Å². The van der Waals surface area contributed by atoms with E-state index in [-0.39, 0.29) is 78.0 Å². The number of hydrogen-bond donors (Lipinski definition) is 0. The first-order valence-corrected chi connectivity index (χ1v) is 9.14. The first kappa shape index (κ1) is 38.2. The molecule has 0 aliphatic rings. The Balaban J connectivity index is -0.000000127. The van der Waals surface area contributed by atoms with E-state index in [0.717, 1.165) is 0 Å². The number of carbonyl (C=O) groups excluding carboxylic acids is 2. The number of carboxylic acids is 2. The summed E-state index contributed by atoms with van der Waals surface area (Å²) >= 11 is 0. The van der Waals surface area contributed by atoms with Crippen LogP contribution in [0.4, 0.5) is 0 Å². The second-order valence-electron chi connectivity index (χ2n) is 6.21. The maximum atomic E-state index is 9.28. The van der Waals surface area contributed by atoms with Crippen LogP contribution in [0, 0.1) is 5.92 Å². The standard InChI is InChI=1S/C16H33.C3H4O4.Li.2Na/c1-4-6-8-9-10-11-12-13-15-16(3)14-7-5-2;4-2(5)1-3(6)7;;;/h4-15H2,1-3H3;1H2,(H,4,5)(H,6,7);;;/q-1;;3*+1/p-2. The molecule has 0 N–H and O–H groups in total. The zero-order valence-electron chi connectivity index (χ0n) is 18.3. The molecular weight excluding hydrogens is 345 g/mol. The summed E-state index contributed by atoms with van der Waals surface area (Å²) in [6.45, 7) is 6.91. The number of hydrogen-bond acceptors (Lipinski definition) is 4. The average Bonchev–Trinajstić information content (AvgIpc) is 2.47. The summed E-state index contributed by atoms with van der Waals surface area (Å²) in [4.78, 5) is 18.6. The van der Waals surface area contributed by atoms with Crippen molar-refractivity contribution >= 4 is 11.9 Å². The van der Waals surface area contributed by atoms with Gasteiger partial charge in [-0.25, -0.2) is 0 Å². The third kappa shape index (κ3) is 40.3. The van der Waals surface area contributed by atoms with Crippen LogP contribution in [0.2, 0.25) is 0 Å². The number of rotatable bonds is 14. The van der Waals surface area contributed by atoms with Gasteiger partial charge >= 0.3 is 78.0 Å². The molecule has 26 heavy (non-hydrogen) atoms. The zero-order chi connectivity index (χ0) is 17.9. The van der Waals surface area contributed by atoms with Gasteiger partial charge < -0.3 is 25.7 Å². The average molecular weight is 380 g/mol. The smallest absolute Gasteiger partial charge is 0.550 e. The van der Waals surface area contributed by atoms with Crippen LogP contribution in [0.5, 0.6) is 0 Å². The van der Waals surface area contributed by atoms with Gasteiger partial charge in [-0.15, -0.1) is 0 Å². The fourth-order valence-electron chi connectivity index (χ4n) is 2.28. The minimum atomic E-state index is -1.63. The van der Waals surface area contributed by atoms with Crippen LogP contribution < -0.4 is 88.2 Å². The third-order valence-corrected chi connectivity index (χ3v) is 3.70. The second kappa shape index (κ2) is 31.2. The minimum Gasteiger partial charge on any atom is -0.550 e. The predicted molar refractivity (Wildman–Crippen MR) is 90.3 cm³/mol. The van der Waals surface area contributed by atoms with Crippen molar-refractivity contribution in [1.29, 1.82) is 0 Å². The molecule has 0 heterocycles. The van der Waals surface area contributed by atoms with Crippen LogP contribution in [0.15, 0.2) is 0 Å². The normalized spacial score (nSPS) is 9.08. The summed E-state index contributed by atoms with van der Waals surface area (Å²) in [5, 5.41) is 18.6. The molecule has 0 spiro atoms. The molecule has 138 valence electrons. The summed E-state index contributed by atoms with van der Waals surface area (Å²) in [5.41, 5.74) is 0. The number of carboxylic acid groups (broad SMARTS) is 2. The second-order valence-corrected chi connectivity index (χ2v) is 6.21. The monoisotopic (exact) mass is 380 g/mol. The largest absolute Gasteiger partial charge is 1.00 e. The first-order chi connectivity index (χ1) is 10.9. The molecule has 0 rings (SSSR count). The van der Waals surface area contributed by atoms with Crippen molar-refractivity contribution in [2.45, 2.75) is 104 Å². The van der Waals surface area contributed by atoms with E-state index in [9.17, 15) is 19.8 Å². The van der Waals surface area contributed by atoms with Gasteiger partial charge in [0, 0.05) is 18.4 Å².